The van der Waals surface area contributed by atoms with Crippen molar-refractivity contribution in [3.63, 3.8) is 0 Å². The summed E-state index contributed by atoms with van der Waals surface area (Å²) in [6.45, 7) is 0. The molecule has 0 amide bonds. The number of rotatable bonds is 4. The van der Waals surface area contributed by atoms with Crippen LogP contribution in [0.25, 0.3) is 0 Å². The first kappa shape index (κ1) is 13.0. The van der Waals surface area contributed by atoms with E-state index in [1.54, 1.807) is 0 Å². The third-order valence-corrected chi connectivity index (χ3v) is 3.38. The molecule has 2 rings (SSSR count). The molecule has 1 aliphatic carbocycles. The molecule has 1 aromatic rings. The topological polar surface area (TPSA) is 84.7 Å². The highest BCUT2D eigenvalue weighted by Gasteiger charge is 2.41. The van der Waals surface area contributed by atoms with Gasteiger partial charge in [0.1, 0.15) is 11.8 Å². The Bertz CT molecular complexity index is 419. The van der Waals surface area contributed by atoms with Crippen molar-refractivity contribution < 1.29 is 19.7 Å². The third kappa shape index (κ3) is 2.26. The maximum Gasteiger partial charge on any atom is 0.241 e. The minimum Gasteiger partial charge on any atom is -0.480 e. The number of aliphatic hydroxyl groups excluding tert-OH is 1. The van der Waals surface area contributed by atoms with Gasteiger partial charge in [0, 0.05) is 0 Å². The summed E-state index contributed by atoms with van der Waals surface area (Å²) >= 11 is 0. The molecule has 1 aliphatic rings. The number of aromatic nitrogens is 2. The first-order valence-electron chi connectivity index (χ1n) is 5.96. The number of methoxy groups -OCH3 is 2. The summed E-state index contributed by atoms with van der Waals surface area (Å²) in [5.41, 5.74) is -0.876. The van der Waals surface area contributed by atoms with Gasteiger partial charge in [0.25, 0.3) is 0 Å². The molecule has 1 atom stereocenters. The zero-order valence-electron chi connectivity index (χ0n) is 10.6. The van der Waals surface area contributed by atoms with Gasteiger partial charge >= 0.3 is 0 Å². The molecule has 1 heterocycles. The molecule has 18 heavy (non-hydrogen) atoms. The van der Waals surface area contributed by atoms with E-state index in [1.165, 1.54) is 20.4 Å². The van der Waals surface area contributed by atoms with Crippen LogP contribution in [-0.2, 0) is 0 Å². The molecule has 6 heteroatoms. The monoisotopic (exact) mass is 254 g/mol. The van der Waals surface area contributed by atoms with E-state index in [0.717, 1.165) is 12.8 Å². The highest BCUT2D eigenvalue weighted by Crippen LogP contribution is 2.41. The maximum atomic E-state index is 10.4. The van der Waals surface area contributed by atoms with Crippen molar-refractivity contribution in [3.05, 3.63) is 11.9 Å². The lowest BCUT2D eigenvalue weighted by Crippen LogP contribution is -2.33. The maximum absolute atomic E-state index is 10.4. The van der Waals surface area contributed by atoms with Crippen LogP contribution in [0.5, 0.6) is 11.8 Å². The Morgan fingerprint density at radius 3 is 2.50 bits per heavy atom. The number of hydrogen-bond donors (Lipinski definition) is 2. The van der Waals surface area contributed by atoms with Gasteiger partial charge in [-0.1, -0.05) is 12.8 Å². The molecule has 6 nitrogen and oxygen atoms in total. The van der Waals surface area contributed by atoms with Crippen LogP contribution in [0.3, 0.4) is 0 Å². The third-order valence-electron chi connectivity index (χ3n) is 3.38. The van der Waals surface area contributed by atoms with Crippen molar-refractivity contribution in [1.29, 1.82) is 0 Å². The van der Waals surface area contributed by atoms with Crippen molar-refractivity contribution in [2.45, 2.75) is 37.4 Å². The summed E-state index contributed by atoms with van der Waals surface area (Å²) in [6, 6.07) is 0. The molecule has 1 fully saturated rings. The van der Waals surface area contributed by atoms with Gasteiger partial charge in [-0.2, -0.15) is 4.98 Å². The first-order chi connectivity index (χ1) is 8.60. The molecule has 0 radical (unpaired) electrons. The zero-order chi connectivity index (χ0) is 13.2. The van der Waals surface area contributed by atoms with E-state index in [0.29, 0.717) is 18.7 Å². The van der Waals surface area contributed by atoms with Crippen molar-refractivity contribution in [2.75, 3.05) is 14.2 Å². The van der Waals surface area contributed by atoms with Crippen LogP contribution in [0.4, 0.5) is 0 Å². The van der Waals surface area contributed by atoms with E-state index < -0.39 is 11.7 Å². The van der Waals surface area contributed by atoms with Crippen molar-refractivity contribution in [3.8, 4) is 11.8 Å². The smallest absolute Gasteiger partial charge is 0.241 e. The Hall–Kier alpha value is -1.40. The summed E-state index contributed by atoms with van der Waals surface area (Å²) in [5.74, 6) is 0.489. The normalized spacial score (nSPS) is 19.6. The molecule has 1 saturated carbocycles. The largest absolute Gasteiger partial charge is 0.480 e. The second kappa shape index (κ2) is 5.07. The zero-order valence-corrected chi connectivity index (χ0v) is 10.6. The van der Waals surface area contributed by atoms with Crippen molar-refractivity contribution in [2.24, 2.45) is 0 Å². The van der Waals surface area contributed by atoms with Gasteiger partial charge in [-0.15, -0.1) is 0 Å². The number of hydrogen-bond acceptors (Lipinski definition) is 6. The van der Waals surface area contributed by atoms with E-state index in [4.69, 9.17) is 9.47 Å². The lowest BCUT2D eigenvalue weighted by Gasteiger charge is -2.28. The average molecular weight is 254 g/mol. The lowest BCUT2D eigenvalue weighted by atomic mass is 9.92. The van der Waals surface area contributed by atoms with E-state index in [9.17, 15) is 10.2 Å². The van der Waals surface area contributed by atoms with Crippen LogP contribution in [0.1, 0.15) is 37.5 Å². The predicted molar refractivity (Wildman–Crippen MR) is 63.5 cm³/mol. The van der Waals surface area contributed by atoms with E-state index >= 15 is 0 Å². The highest BCUT2D eigenvalue weighted by molar-refractivity contribution is 5.26. The molecule has 0 bridgehead atoms. The van der Waals surface area contributed by atoms with Gasteiger partial charge in [0.15, 0.2) is 0 Å². The fourth-order valence-corrected chi connectivity index (χ4v) is 2.32. The summed E-state index contributed by atoms with van der Waals surface area (Å²) in [4.78, 5) is 8.14. The fourth-order valence-electron chi connectivity index (χ4n) is 2.32. The average Bonchev–Trinajstić information content (AvgIpc) is 2.85. The van der Waals surface area contributed by atoms with E-state index in [1.807, 2.05) is 0 Å². The standard InChI is InChI=1S/C12H18N2O4/c1-17-8-7-13-9(11(14-8)18-2)10(15)12(16)5-3-4-6-12/h7,10,15-16H,3-6H2,1-2H3. The van der Waals surface area contributed by atoms with Gasteiger partial charge in [-0.25, -0.2) is 4.98 Å². The molecule has 0 aromatic carbocycles. The van der Waals surface area contributed by atoms with Crippen LogP contribution in [0, 0.1) is 0 Å². The van der Waals surface area contributed by atoms with E-state index in [2.05, 4.69) is 9.97 Å². The summed E-state index contributed by atoms with van der Waals surface area (Å²) in [6.07, 6.45) is 3.24. The van der Waals surface area contributed by atoms with Gasteiger partial charge in [0.05, 0.1) is 26.0 Å². The van der Waals surface area contributed by atoms with Crippen molar-refractivity contribution >= 4 is 0 Å². The lowest BCUT2D eigenvalue weighted by molar-refractivity contribution is -0.0749. The Balaban J connectivity index is 2.32. The molecule has 2 N–H and O–H groups in total. The predicted octanol–water partition coefficient (Wildman–Crippen LogP) is 0.832. The van der Waals surface area contributed by atoms with Crippen LogP contribution in [0.2, 0.25) is 0 Å². The molecule has 0 saturated heterocycles. The van der Waals surface area contributed by atoms with Gasteiger partial charge in [-0.05, 0) is 12.8 Å². The summed E-state index contributed by atoms with van der Waals surface area (Å²) < 4.78 is 10.0. The van der Waals surface area contributed by atoms with Gasteiger partial charge in [-0.3, -0.25) is 0 Å². The Labute approximate surface area is 106 Å². The van der Waals surface area contributed by atoms with E-state index in [-0.39, 0.29) is 11.6 Å². The first-order valence-corrected chi connectivity index (χ1v) is 5.96. The van der Waals surface area contributed by atoms with Crippen LogP contribution in [0.15, 0.2) is 6.20 Å². The summed E-state index contributed by atoms with van der Waals surface area (Å²) in [7, 11) is 2.92. The Morgan fingerprint density at radius 1 is 1.28 bits per heavy atom. The van der Waals surface area contributed by atoms with Crippen molar-refractivity contribution in [1.82, 2.24) is 9.97 Å². The van der Waals surface area contributed by atoms with Gasteiger partial charge in [0.2, 0.25) is 11.8 Å². The SMILES string of the molecule is COc1cnc(C(O)C2(O)CCCC2)c(OC)n1. The molecule has 1 unspecified atom stereocenters. The molecule has 100 valence electrons. The molecule has 0 spiro atoms. The second-order valence-corrected chi connectivity index (χ2v) is 4.52. The Morgan fingerprint density at radius 2 is 1.94 bits per heavy atom. The molecular weight excluding hydrogens is 236 g/mol. The Kier molecular flexibility index (Phi) is 3.68. The van der Waals surface area contributed by atoms with Crippen LogP contribution < -0.4 is 9.47 Å². The number of nitrogens with zero attached hydrogens (tertiary/aromatic N) is 2. The fraction of sp³-hybridized carbons (Fsp3) is 0.667. The second-order valence-electron chi connectivity index (χ2n) is 4.52. The van der Waals surface area contributed by atoms with Crippen LogP contribution in [-0.4, -0.2) is 40.0 Å². The minimum atomic E-state index is -1.13. The van der Waals surface area contributed by atoms with Crippen LogP contribution >= 0.6 is 0 Å². The number of ether oxygens (including phenoxy) is 2. The molecule has 1 aromatic heterocycles. The molecular formula is C12H18N2O4. The highest BCUT2D eigenvalue weighted by atomic mass is 16.5. The minimum absolute atomic E-state index is 0.183. The molecule has 0 aliphatic heterocycles. The van der Waals surface area contributed by atoms with Gasteiger partial charge < -0.3 is 19.7 Å². The summed E-state index contributed by atoms with van der Waals surface area (Å²) in [5, 5.41) is 20.6. The number of aliphatic hydroxyl groups is 2. The quantitative estimate of drug-likeness (QED) is 0.828.